The van der Waals surface area contributed by atoms with E-state index in [2.05, 4.69) is 74.3 Å². The summed E-state index contributed by atoms with van der Waals surface area (Å²) in [7, 11) is 0. The number of rotatable bonds is 5. The number of nitrogens with zero attached hydrogens (tertiary/aromatic N) is 3. The molecule has 3 aromatic carbocycles. The summed E-state index contributed by atoms with van der Waals surface area (Å²) in [5.41, 5.74) is 3.17. The van der Waals surface area contributed by atoms with Gasteiger partial charge >= 0.3 is 0 Å². The van der Waals surface area contributed by atoms with Crippen LogP contribution in [0, 0.1) is 0 Å². The fraction of sp³-hybridized carbons (Fsp3) is 0.259. The zero-order chi connectivity index (χ0) is 22.8. The maximum absolute atomic E-state index is 13.2. The van der Waals surface area contributed by atoms with Crippen molar-refractivity contribution >= 4 is 33.4 Å². The summed E-state index contributed by atoms with van der Waals surface area (Å²) >= 11 is 3.43. The SMILES string of the molecule is O=C1C[C@@H](N2CCN(C(c3ccccc3)c3ccccc3)CC2)C(=O)N1c1cccc(Br)c1. The second-order valence-corrected chi connectivity index (χ2v) is 9.48. The first-order valence-corrected chi connectivity index (χ1v) is 12.1. The van der Waals surface area contributed by atoms with Crippen LogP contribution in [-0.4, -0.2) is 53.8 Å². The van der Waals surface area contributed by atoms with Gasteiger partial charge in [-0.2, -0.15) is 0 Å². The average Bonchev–Trinajstić information content (AvgIpc) is 3.15. The van der Waals surface area contributed by atoms with E-state index in [1.165, 1.54) is 16.0 Å². The number of carbonyl (C=O) groups is 2. The Morgan fingerprint density at radius 2 is 1.36 bits per heavy atom. The smallest absolute Gasteiger partial charge is 0.251 e. The van der Waals surface area contributed by atoms with Crippen LogP contribution in [0.15, 0.2) is 89.4 Å². The molecule has 0 N–H and O–H groups in total. The standard InChI is InChI=1S/C27H26BrN3O2/c28-22-12-7-13-23(18-22)31-25(32)19-24(27(31)33)29-14-16-30(17-15-29)26(20-8-3-1-4-9-20)21-10-5-2-6-11-21/h1-13,18,24,26H,14-17,19H2/t24-/m1/s1. The monoisotopic (exact) mass is 503 g/mol. The van der Waals surface area contributed by atoms with Gasteiger partial charge in [0.1, 0.15) is 0 Å². The molecule has 2 fully saturated rings. The van der Waals surface area contributed by atoms with Gasteiger partial charge in [-0.3, -0.25) is 19.4 Å². The molecule has 0 radical (unpaired) electrons. The van der Waals surface area contributed by atoms with E-state index in [1.54, 1.807) is 0 Å². The van der Waals surface area contributed by atoms with E-state index in [0.29, 0.717) is 5.69 Å². The second-order valence-electron chi connectivity index (χ2n) is 8.56. The average molecular weight is 504 g/mol. The predicted octanol–water partition coefficient (Wildman–Crippen LogP) is 4.49. The first kappa shape index (κ1) is 22.0. The van der Waals surface area contributed by atoms with Gasteiger partial charge in [0.05, 0.1) is 24.2 Å². The molecule has 3 aromatic rings. The summed E-state index contributed by atoms with van der Waals surface area (Å²) in [5, 5.41) is 0. The first-order chi connectivity index (χ1) is 16.1. The number of amides is 2. The maximum atomic E-state index is 13.2. The minimum atomic E-state index is -0.384. The minimum Gasteiger partial charge on any atom is -0.290 e. The van der Waals surface area contributed by atoms with Crippen molar-refractivity contribution in [2.75, 3.05) is 31.1 Å². The fourth-order valence-electron chi connectivity index (χ4n) is 4.98. The van der Waals surface area contributed by atoms with Crippen LogP contribution in [0.1, 0.15) is 23.6 Å². The largest absolute Gasteiger partial charge is 0.290 e. The third kappa shape index (κ3) is 4.51. The Hall–Kier alpha value is -2.80. The lowest BCUT2D eigenvalue weighted by atomic mass is 9.96. The summed E-state index contributed by atoms with van der Waals surface area (Å²) in [6, 6.07) is 28.3. The predicted molar refractivity (Wildman–Crippen MR) is 133 cm³/mol. The number of halogens is 1. The van der Waals surface area contributed by atoms with Gasteiger partial charge < -0.3 is 0 Å². The normalized spacial score (nSPS) is 20.1. The topological polar surface area (TPSA) is 43.9 Å². The van der Waals surface area contributed by atoms with Gasteiger partial charge in [0.15, 0.2) is 0 Å². The number of hydrogen-bond donors (Lipinski definition) is 0. The van der Waals surface area contributed by atoms with Crippen molar-refractivity contribution in [3.8, 4) is 0 Å². The van der Waals surface area contributed by atoms with Crippen molar-refractivity contribution in [2.24, 2.45) is 0 Å². The van der Waals surface area contributed by atoms with Crippen LogP contribution >= 0.6 is 15.9 Å². The Morgan fingerprint density at radius 3 is 1.94 bits per heavy atom. The Morgan fingerprint density at radius 1 is 0.758 bits per heavy atom. The summed E-state index contributed by atoms with van der Waals surface area (Å²) in [6.07, 6.45) is 0.242. The molecule has 2 saturated heterocycles. The van der Waals surface area contributed by atoms with Gasteiger partial charge in [-0.1, -0.05) is 82.7 Å². The molecule has 2 heterocycles. The number of imide groups is 1. The molecule has 0 unspecified atom stereocenters. The van der Waals surface area contributed by atoms with Crippen molar-refractivity contribution < 1.29 is 9.59 Å². The minimum absolute atomic E-state index is 0.116. The summed E-state index contributed by atoms with van der Waals surface area (Å²) in [5.74, 6) is -0.244. The number of piperazine rings is 1. The van der Waals surface area contributed by atoms with Crippen molar-refractivity contribution in [2.45, 2.75) is 18.5 Å². The van der Waals surface area contributed by atoms with Crippen LogP contribution in [0.25, 0.3) is 0 Å². The highest BCUT2D eigenvalue weighted by Gasteiger charge is 2.43. The van der Waals surface area contributed by atoms with E-state index in [-0.39, 0.29) is 30.3 Å². The molecule has 0 bridgehead atoms. The van der Waals surface area contributed by atoms with Crippen LogP contribution in [0.2, 0.25) is 0 Å². The van der Waals surface area contributed by atoms with Crippen molar-refractivity contribution in [1.82, 2.24) is 9.80 Å². The van der Waals surface area contributed by atoms with Gasteiger partial charge in [0.25, 0.3) is 5.91 Å². The number of benzene rings is 3. The summed E-state index contributed by atoms with van der Waals surface area (Å²) < 4.78 is 0.852. The molecule has 2 aliphatic rings. The van der Waals surface area contributed by atoms with Gasteiger partial charge in [-0.15, -0.1) is 0 Å². The Balaban J connectivity index is 1.31. The van der Waals surface area contributed by atoms with Crippen molar-refractivity contribution in [3.05, 3.63) is 101 Å². The molecule has 33 heavy (non-hydrogen) atoms. The molecule has 1 atom stereocenters. The van der Waals surface area contributed by atoms with Crippen LogP contribution in [-0.2, 0) is 9.59 Å². The number of carbonyl (C=O) groups excluding carboxylic acids is 2. The Labute approximate surface area is 202 Å². The molecular weight excluding hydrogens is 478 g/mol. The third-order valence-corrected chi connectivity index (χ3v) is 7.07. The molecule has 2 aliphatic heterocycles. The Bertz CT molecular complexity index is 1090. The fourth-order valence-corrected chi connectivity index (χ4v) is 5.37. The van der Waals surface area contributed by atoms with E-state index in [9.17, 15) is 9.59 Å². The summed E-state index contributed by atoms with van der Waals surface area (Å²) in [4.78, 5) is 32.0. The molecular formula is C27H26BrN3O2. The molecule has 5 rings (SSSR count). The zero-order valence-corrected chi connectivity index (χ0v) is 19.9. The zero-order valence-electron chi connectivity index (χ0n) is 18.3. The summed E-state index contributed by atoms with van der Waals surface area (Å²) in [6.45, 7) is 3.19. The highest BCUT2D eigenvalue weighted by Crippen LogP contribution is 2.32. The quantitative estimate of drug-likeness (QED) is 0.481. The molecule has 0 saturated carbocycles. The van der Waals surface area contributed by atoms with Gasteiger partial charge in [0.2, 0.25) is 5.91 Å². The van der Waals surface area contributed by atoms with E-state index in [4.69, 9.17) is 0 Å². The molecule has 6 heteroatoms. The molecule has 0 spiro atoms. The van der Waals surface area contributed by atoms with Crippen LogP contribution in [0.5, 0.6) is 0 Å². The lowest BCUT2D eigenvalue weighted by Gasteiger charge is -2.41. The second kappa shape index (κ2) is 9.59. The lowest BCUT2D eigenvalue weighted by Crippen LogP contribution is -2.53. The van der Waals surface area contributed by atoms with Gasteiger partial charge in [0, 0.05) is 30.7 Å². The van der Waals surface area contributed by atoms with Crippen LogP contribution < -0.4 is 4.90 Å². The van der Waals surface area contributed by atoms with Gasteiger partial charge in [-0.25, -0.2) is 4.90 Å². The van der Waals surface area contributed by atoms with Crippen LogP contribution in [0.3, 0.4) is 0 Å². The van der Waals surface area contributed by atoms with E-state index in [1.807, 2.05) is 36.4 Å². The van der Waals surface area contributed by atoms with Crippen molar-refractivity contribution in [3.63, 3.8) is 0 Å². The number of anilines is 1. The molecule has 0 aromatic heterocycles. The molecule has 168 valence electrons. The third-order valence-electron chi connectivity index (χ3n) is 6.57. The molecule has 2 amide bonds. The lowest BCUT2D eigenvalue weighted by molar-refractivity contribution is -0.123. The van der Waals surface area contributed by atoms with E-state index < -0.39 is 0 Å². The van der Waals surface area contributed by atoms with Crippen LogP contribution in [0.4, 0.5) is 5.69 Å². The number of hydrogen-bond acceptors (Lipinski definition) is 4. The van der Waals surface area contributed by atoms with Gasteiger partial charge in [-0.05, 0) is 29.3 Å². The maximum Gasteiger partial charge on any atom is 0.251 e. The van der Waals surface area contributed by atoms with E-state index >= 15 is 0 Å². The van der Waals surface area contributed by atoms with Crippen molar-refractivity contribution in [1.29, 1.82) is 0 Å². The highest BCUT2D eigenvalue weighted by molar-refractivity contribution is 9.10. The molecule has 5 nitrogen and oxygen atoms in total. The Kier molecular flexibility index (Phi) is 6.40. The highest BCUT2D eigenvalue weighted by atomic mass is 79.9. The van der Waals surface area contributed by atoms with E-state index in [0.717, 1.165) is 30.7 Å². The molecule has 0 aliphatic carbocycles. The first-order valence-electron chi connectivity index (χ1n) is 11.3.